The fraction of sp³-hybridized carbons (Fsp3) is 0.565. The number of ether oxygens (including phenoxy) is 3. The molecule has 0 heterocycles. The van der Waals surface area contributed by atoms with E-state index in [-0.39, 0.29) is 24.5 Å². The Morgan fingerprint density at radius 3 is 2.57 bits per heavy atom. The molecule has 154 valence electrons. The summed E-state index contributed by atoms with van der Waals surface area (Å²) in [7, 11) is 0. The number of benzene rings is 1. The maximum absolute atomic E-state index is 12.6. The predicted octanol–water partition coefficient (Wildman–Crippen LogP) is 4.59. The topological polar surface area (TPSA) is 61.8 Å². The number of esters is 2. The molecule has 1 aromatic carbocycles. The summed E-state index contributed by atoms with van der Waals surface area (Å²) in [5.74, 6) is -1.32. The van der Waals surface area contributed by atoms with Crippen molar-refractivity contribution in [3.05, 3.63) is 48.0 Å². The Morgan fingerprint density at radius 1 is 1.18 bits per heavy atom. The lowest BCUT2D eigenvalue weighted by atomic mass is 10.0. The van der Waals surface area contributed by atoms with Crippen molar-refractivity contribution in [2.24, 2.45) is 5.92 Å². The van der Waals surface area contributed by atoms with Crippen LogP contribution in [0.15, 0.2) is 42.5 Å². The van der Waals surface area contributed by atoms with Gasteiger partial charge in [-0.1, -0.05) is 36.4 Å². The van der Waals surface area contributed by atoms with Crippen molar-refractivity contribution in [2.45, 2.75) is 71.2 Å². The van der Waals surface area contributed by atoms with Crippen LogP contribution in [-0.4, -0.2) is 30.3 Å². The van der Waals surface area contributed by atoms with Crippen molar-refractivity contribution in [3.8, 4) is 0 Å². The van der Waals surface area contributed by atoms with Crippen LogP contribution >= 0.6 is 0 Å². The van der Waals surface area contributed by atoms with Crippen molar-refractivity contribution in [2.75, 3.05) is 6.61 Å². The molecule has 0 radical (unpaired) electrons. The summed E-state index contributed by atoms with van der Waals surface area (Å²) in [6.07, 6.45) is 7.06. The van der Waals surface area contributed by atoms with Gasteiger partial charge in [0.25, 0.3) is 0 Å². The highest BCUT2D eigenvalue weighted by Gasteiger charge is 2.28. The third-order valence-corrected chi connectivity index (χ3v) is 4.37. The zero-order chi connectivity index (χ0) is 20.4. The van der Waals surface area contributed by atoms with E-state index in [4.69, 9.17) is 14.2 Å². The van der Waals surface area contributed by atoms with E-state index in [2.05, 4.69) is 0 Å². The van der Waals surface area contributed by atoms with Gasteiger partial charge in [0.1, 0.15) is 11.7 Å². The number of carbonyl (C=O) groups excluding carboxylic acids is 2. The molecule has 0 aliphatic heterocycles. The second-order valence-corrected chi connectivity index (χ2v) is 8.15. The molecule has 0 N–H and O–H groups in total. The molecule has 2 unspecified atom stereocenters. The minimum absolute atomic E-state index is 0.00789. The smallest absolute Gasteiger partial charge is 0.310 e. The Balaban J connectivity index is 1.86. The fourth-order valence-corrected chi connectivity index (χ4v) is 2.98. The third-order valence-electron chi connectivity index (χ3n) is 4.37. The van der Waals surface area contributed by atoms with Gasteiger partial charge in [-0.05, 0) is 58.1 Å². The molecule has 28 heavy (non-hydrogen) atoms. The molecule has 2 rings (SSSR count). The van der Waals surface area contributed by atoms with Gasteiger partial charge < -0.3 is 14.2 Å². The van der Waals surface area contributed by atoms with Gasteiger partial charge in [0, 0.05) is 6.61 Å². The molecule has 0 saturated carbocycles. The van der Waals surface area contributed by atoms with Crippen LogP contribution in [0, 0.1) is 5.92 Å². The molecular formula is C23H32O5. The molecule has 0 aromatic heterocycles. The lowest BCUT2D eigenvalue weighted by Crippen LogP contribution is -2.31. The zero-order valence-electron chi connectivity index (χ0n) is 17.2. The maximum Gasteiger partial charge on any atom is 0.310 e. The first-order chi connectivity index (χ1) is 13.3. The molecule has 1 aliphatic carbocycles. The molecule has 0 bridgehead atoms. The highest BCUT2D eigenvalue weighted by Crippen LogP contribution is 2.20. The first-order valence-electron chi connectivity index (χ1n) is 10.0. The van der Waals surface area contributed by atoms with Crippen LogP contribution in [0.5, 0.6) is 0 Å². The zero-order valence-corrected chi connectivity index (χ0v) is 17.2. The second kappa shape index (κ2) is 11.0. The molecule has 5 nitrogen and oxygen atoms in total. The number of rotatable bonds is 9. The van der Waals surface area contributed by atoms with E-state index in [1.54, 1.807) is 0 Å². The SMILES string of the molecule is CC(C)(C)OC(=O)C(CCOCc1ccccc1)CC(=O)OC1C=CCCC1. The van der Waals surface area contributed by atoms with E-state index < -0.39 is 11.5 Å². The summed E-state index contributed by atoms with van der Waals surface area (Å²) in [6, 6.07) is 9.84. The number of hydrogen-bond acceptors (Lipinski definition) is 5. The number of allylic oxidation sites excluding steroid dienone is 1. The highest BCUT2D eigenvalue weighted by molar-refractivity contribution is 5.80. The highest BCUT2D eigenvalue weighted by atomic mass is 16.6. The average molecular weight is 389 g/mol. The largest absolute Gasteiger partial charge is 0.460 e. The predicted molar refractivity (Wildman–Crippen MR) is 108 cm³/mol. The Bertz CT molecular complexity index is 645. The molecule has 0 saturated heterocycles. The lowest BCUT2D eigenvalue weighted by Gasteiger charge is -2.24. The lowest BCUT2D eigenvalue weighted by molar-refractivity contribution is -0.165. The third kappa shape index (κ3) is 8.70. The van der Waals surface area contributed by atoms with E-state index in [1.807, 2.05) is 63.3 Å². The fourth-order valence-electron chi connectivity index (χ4n) is 2.98. The molecule has 1 aromatic rings. The first-order valence-corrected chi connectivity index (χ1v) is 10.0. The molecule has 0 fully saturated rings. The summed E-state index contributed by atoms with van der Waals surface area (Å²) in [5.41, 5.74) is 0.468. The second-order valence-electron chi connectivity index (χ2n) is 8.15. The normalized spacial score (nSPS) is 17.8. The Hall–Kier alpha value is -2.14. The van der Waals surface area contributed by atoms with E-state index in [0.717, 1.165) is 24.8 Å². The Morgan fingerprint density at radius 2 is 1.93 bits per heavy atom. The van der Waals surface area contributed by atoms with Gasteiger partial charge in [0.15, 0.2) is 0 Å². The average Bonchev–Trinajstić information content (AvgIpc) is 2.64. The molecule has 5 heteroatoms. The monoisotopic (exact) mass is 388 g/mol. The van der Waals surface area contributed by atoms with Gasteiger partial charge in [0.05, 0.1) is 18.9 Å². The summed E-state index contributed by atoms with van der Waals surface area (Å²) >= 11 is 0. The van der Waals surface area contributed by atoms with Crippen molar-refractivity contribution in [3.63, 3.8) is 0 Å². The van der Waals surface area contributed by atoms with Crippen LogP contribution in [0.2, 0.25) is 0 Å². The Labute approximate surface area is 168 Å². The van der Waals surface area contributed by atoms with Crippen LogP contribution in [-0.2, 0) is 30.4 Å². The van der Waals surface area contributed by atoms with E-state index in [9.17, 15) is 9.59 Å². The van der Waals surface area contributed by atoms with Gasteiger partial charge in [0.2, 0.25) is 0 Å². The van der Waals surface area contributed by atoms with Gasteiger partial charge >= 0.3 is 11.9 Å². The van der Waals surface area contributed by atoms with Crippen LogP contribution in [0.4, 0.5) is 0 Å². The van der Waals surface area contributed by atoms with Crippen LogP contribution < -0.4 is 0 Å². The molecular weight excluding hydrogens is 356 g/mol. The van der Waals surface area contributed by atoms with Gasteiger partial charge in [-0.3, -0.25) is 9.59 Å². The quantitative estimate of drug-likeness (QED) is 0.352. The van der Waals surface area contributed by atoms with Crippen molar-refractivity contribution in [1.29, 1.82) is 0 Å². The minimum atomic E-state index is -0.601. The molecule has 0 amide bonds. The van der Waals surface area contributed by atoms with Crippen LogP contribution in [0.1, 0.15) is 58.4 Å². The van der Waals surface area contributed by atoms with E-state index >= 15 is 0 Å². The van der Waals surface area contributed by atoms with Crippen molar-refractivity contribution in [1.82, 2.24) is 0 Å². The summed E-state index contributed by atoms with van der Waals surface area (Å²) in [4.78, 5) is 24.9. The first kappa shape index (κ1) is 22.2. The van der Waals surface area contributed by atoms with Crippen molar-refractivity contribution < 1.29 is 23.8 Å². The van der Waals surface area contributed by atoms with Gasteiger partial charge in [-0.15, -0.1) is 0 Å². The van der Waals surface area contributed by atoms with Crippen LogP contribution in [0.25, 0.3) is 0 Å². The standard InChI is InChI=1S/C23H32O5/c1-23(2,3)28-22(25)19(14-15-26-17-18-10-6-4-7-11-18)16-21(24)27-20-12-8-5-9-13-20/h4,6-8,10-12,19-20H,5,9,13-17H2,1-3H3. The molecule has 2 atom stereocenters. The van der Waals surface area contributed by atoms with Gasteiger partial charge in [-0.25, -0.2) is 0 Å². The summed E-state index contributed by atoms with van der Waals surface area (Å²) in [5, 5.41) is 0. The van der Waals surface area contributed by atoms with Gasteiger partial charge in [-0.2, -0.15) is 0 Å². The minimum Gasteiger partial charge on any atom is -0.460 e. The maximum atomic E-state index is 12.6. The molecule has 1 aliphatic rings. The van der Waals surface area contributed by atoms with E-state index in [0.29, 0.717) is 19.6 Å². The number of hydrogen-bond donors (Lipinski definition) is 0. The number of carbonyl (C=O) groups is 2. The summed E-state index contributed by atoms with van der Waals surface area (Å²) in [6.45, 7) is 6.30. The van der Waals surface area contributed by atoms with Crippen molar-refractivity contribution >= 4 is 11.9 Å². The van der Waals surface area contributed by atoms with Crippen LogP contribution in [0.3, 0.4) is 0 Å². The van der Waals surface area contributed by atoms with E-state index in [1.165, 1.54) is 0 Å². The molecule has 0 spiro atoms. The summed E-state index contributed by atoms with van der Waals surface area (Å²) < 4.78 is 16.7. The Kier molecular flexibility index (Phi) is 8.71.